The molecule has 0 spiro atoms. The zero-order valence-electron chi connectivity index (χ0n) is 12.8. The molecule has 0 fully saturated rings. The zero-order valence-corrected chi connectivity index (χ0v) is 12.8. The van der Waals surface area contributed by atoms with Crippen LogP contribution in [0, 0.1) is 26.7 Å². The van der Waals surface area contributed by atoms with Crippen molar-refractivity contribution < 1.29 is 5.11 Å². The first-order valence-corrected chi connectivity index (χ1v) is 6.96. The fraction of sp³-hybridized carbons (Fsp3) is 0.444. The highest BCUT2D eigenvalue weighted by Gasteiger charge is 2.36. The van der Waals surface area contributed by atoms with Crippen LogP contribution in [0.2, 0.25) is 0 Å². The summed E-state index contributed by atoms with van der Waals surface area (Å²) in [5.41, 5.74) is 6.46. The molecule has 19 heavy (non-hydrogen) atoms. The molecular weight excluding hydrogens is 232 g/mol. The fourth-order valence-electron chi connectivity index (χ4n) is 2.97. The highest BCUT2D eigenvalue weighted by Crippen LogP contribution is 2.42. The molecule has 1 aromatic carbocycles. The van der Waals surface area contributed by atoms with Gasteiger partial charge in [0.2, 0.25) is 0 Å². The summed E-state index contributed by atoms with van der Waals surface area (Å²) in [6, 6.07) is 4.30. The van der Waals surface area contributed by atoms with Crippen LogP contribution in [-0.4, -0.2) is 10.7 Å². The lowest BCUT2D eigenvalue weighted by molar-refractivity contribution is 0.0829. The van der Waals surface area contributed by atoms with Crippen LogP contribution in [0.3, 0.4) is 0 Å². The van der Waals surface area contributed by atoms with E-state index in [1.54, 1.807) is 0 Å². The van der Waals surface area contributed by atoms with Gasteiger partial charge < -0.3 is 5.11 Å². The van der Waals surface area contributed by atoms with E-state index < -0.39 is 5.60 Å². The van der Waals surface area contributed by atoms with E-state index in [1.165, 1.54) is 27.8 Å². The van der Waals surface area contributed by atoms with Crippen LogP contribution >= 0.6 is 0 Å². The molecule has 1 aromatic rings. The first-order valence-electron chi connectivity index (χ1n) is 6.96. The van der Waals surface area contributed by atoms with Crippen molar-refractivity contribution in [1.29, 1.82) is 0 Å². The second-order valence-electron chi connectivity index (χ2n) is 6.05. The van der Waals surface area contributed by atoms with Crippen molar-refractivity contribution >= 4 is 5.57 Å². The van der Waals surface area contributed by atoms with Crippen molar-refractivity contribution in [2.45, 2.75) is 47.1 Å². The lowest BCUT2D eigenvalue weighted by Crippen LogP contribution is -2.36. The summed E-state index contributed by atoms with van der Waals surface area (Å²) >= 11 is 0. The van der Waals surface area contributed by atoms with Gasteiger partial charge in [-0.1, -0.05) is 31.2 Å². The van der Waals surface area contributed by atoms with Crippen molar-refractivity contribution in [3.05, 3.63) is 52.1 Å². The normalized spacial score (nSPS) is 27.0. The van der Waals surface area contributed by atoms with Crippen LogP contribution in [0.5, 0.6) is 0 Å². The van der Waals surface area contributed by atoms with Crippen molar-refractivity contribution in [2.24, 2.45) is 5.92 Å². The number of allylic oxidation sites excluding steroid dienone is 2. The molecule has 0 aliphatic heterocycles. The molecule has 1 nitrogen and oxygen atoms in total. The van der Waals surface area contributed by atoms with E-state index in [0.29, 0.717) is 0 Å². The Morgan fingerprint density at radius 2 is 1.63 bits per heavy atom. The molecular formula is C18H24O. The average molecular weight is 256 g/mol. The third-order valence-electron chi connectivity index (χ3n) is 4.62. The van der Waals surface area contributed by atoms with Gasteiger partial charge in [0.05, 0.1) is 5.60 Å². The minimum atomic E-state index is -0.803. The Labute approximate surface area is 116 Å². The molecule has 1 N–H and O–H groups in total. The summed E-state index contributed by atoms with van der Waals surface area (Å²) in [5, 5.41) is 11.0. The van der Waals surface area contributed by atoms with Gasteiger partial charge >= 0.3 is 0 Å². The van der Waals surface area contributed by atoms with Gasteiger partial charge in [-0.2, -0.15) is 0 Å². The Morgan fingerprint density at radius 3 is 2.26 bits per heavy atom. The van der Waals surface area contributed by atoms with E-state index in [2.05, 4.69) is 58.9 Å². The van der Waals surface area contributed by atoms with E-state index in [9.17, 15) is 5.11 Å². The first-order chi connectivity index (χ1) is 8.76. The Morgan fingerprint density at radius 1 is 1.05 bits per heavy atom. The first kappa shape index (κ1) is 14.1. The van der Waals surface area contributed by atoms with E-state index in [4.69, 9.17) is 0 Å². The third-order valence-corrected chi connectivity index (χ3v) is 4.62. The maximum atomic E-state index is 11.0. The van der Waals surface area contributed by atoms with Gasteiger partial charge in [0.25, 0.3) is 0 Å². The summed E-state index contributed by atoms with van der Waals surface area (Å²) in [5.74, 6) is 0.130. The Bertz CT molecular complexity index is 574. The van der Waals surface area contributed by atoms with Gasteiger partial charge in [0.15, 0.2) is 0 Å². The number of rotatable bonds is 1. The minimum absolute atomic E-state index is 0.130. The third kappa shape index (κ3) is 2.17. The molecule has 1 aliphatic carbocycles. The highest BCUT2D eigenvalue weighted by molar-refractivity contribution is 5.81. The maximum Gasteiger partial charge on any atom is 0.0936 e. The predicted octanol–water partition coefficient (Wildman–Crippen LogP) is 4.34. The molecule has 2 rings (SSSR count). The number of hydrogen-bond acceptors (Lipinski definition) is 1. The summed E-state index contributed by atoms with van der Waals surface area (Å²) in [6.45, 7) is 12.5. The van der Waals surface area contributed by atoms with Crippen LogP contribution in [0.1, 0.15) is 43.0 Å². The number of benzene rings is 1. The van der Waals surface area contributed by atoms with E-state index in [0.717, 1.165) is 5.57 Å². The topological polar surface area (TPSA) is 20.2 Å². The molecule has 1 heteroatoms. The lowest BCUT2D eigenvalue weighted by atomic mass is 9.72. The molecule has 0 heterocycles. The maximum absolute atomic E-state index is 11.0. The molecule has 1 aliphatic rings. The van der Waals surface area contributed by atoms with Gasteiger partial charge in [-0.05, 0) is 68.0 Å². The monoisotopic (exact) mass is 256 g/mol. The van der Waals surface area contributed by atoms with Crippen LogP contribution in [0.25, 0.3) is 5.57 Å². The predicted molar refractivity (Wildman–Crippen MR) is 82.2 cm³/mol. The number of aliphatic hydroxyl groups is 1. The number of hydrogen-bond donors (Lipinski definition) is 1. The smallest absolute Gasteiger partial charge is 0.0936 e. The van der Waals surface area contributed by atoms with E-state index >= 15 is 0 Å². The van der Waals surface area contributed by atoms with Gasteiger partial charge in [-0.15, -0.1) is 0 Å². The van der Waals surface area contributed by atoms with E-state index in [-0.39, 0.29) is 5.92 Å². The minimum Gasteiger partial charge on any atom is -0.385 e. The molecule has 0 bridgehead atoms. The van der Waals surface area contributed by atoms with Crippen molar-refractivity contribution in [3.63, 3.8) is 0 Å². The van der Waals surface area contributed by atoms with Crippen molar-refractivity contribution in [2.75, 3.05) is 0 Å². The average Bonchev–Trinajstić information content (AvgIpc) is 2.34. The SMILES string of the molecule is CC1=C(c2c(C)ccc(C)c2C)C(C)(O)C(C)C=C1. The van der Waals surface area contributed by atoms with Crippen molar-refractivity contribution in [1.82, 2.24) is 0 Å². The zero-order chi connectivity index (χ0) is 14.4. The molecule has 2 unspecified atom stereocenters. The quantitative estimate of drug-likeness (QED) is 0.792. The molecule has 0 amide bonds. The van der Waals surface area contributed by atoms with Gasteiger partial charge in [0.1, 0.15) is 0 Å². The van der Waals surface area contributed by atoms with Gasteiger partial charge in [-0.3, -0.25) is 0 Å². The number of aryl methyl sites for hydroxylation is 2. The van der Waals surface area contributed by atoms with Crippen LogP contribution < -0.4 is 0 Å². The fourth-order valence-corrected chi connectivity index (χ4v) is 2.97. The lowest BCUT2D eigenvalue weighted by Gasteiger charge is -2.37. The summed E-state index contributed by atoms with van der Waals surface area (Å²) < 4.78 is 0. The van der Waals surface area contributed by atoms with Crippen LogP contribution in [-0.2, 0) is 0 Å². The largest absolute Gasteiger partial charge is 0.385 e. The molecule has 0 radical (unpaired) electrons. The molecule has 0 aromatic heterocycles. The molecule has 102 valence electrons. The Balaban J connectivity index is 2.77. The summed E-state index contributed by atoms with van der Waals surface area (Å²) in [6.07, 6.45) is 4.23. The molecule has 0 saturated heterocycles. The van der Waals surface area contributed by atoms with Crippen molar-refractivity contribution in [3.8, 4) is 0 Å². The Kier molecular flexibility index (Phi) is 3.44. The van der Waals surface area contributed by atoms with Crippen LogP contribution in [0.4, 0.5) is 0 Å². The summed E-state index contributed by atoms with van der Waals surface area (Å²) in [7, 11) is 0. The van der Waals surface area contributed by atoms with E-state index in [1.807, 2.05) is 6.92 Å². The second kappa shape index (κ2) is 4.64. The van der Waals surface area contributed by atoms with Crippen LogP contribution in [0.15, 0.2) is 29.9 Å². The summed E-state index contributed by atoms with van der Waals surface area (Å²) in [4.78, 5) is 0. The molecule has 0 saturated carbocycles. The standard InChI is InChI=1S/C18H24O/c1-11-7-8-12(2)16(15(11)5)17-13(3)9-10-14(4)18(17,6)19/h7-10,14,19H,1-6H3. The second-order valence-corrected chi connectivity index (χ2v) is 6.05. The molecule has 2 atom stereocenters. The van der Waals surface area contributed by atoms with Gasteiger partial charge in [-0.25, -0.2) is 0 Å². The Hall–Kier alpha value is -1.34. The highest BCUT2D eigenvalue weighted by atomic mass is 16.3. The van der Waals surface area contributed by atoms with Gasteiger partial charge in [0, 0.05) is 5.92 Å².